The summed E-state index contributed by atoms with van der Waals surface area (Å²) in [6.07, 6.45) is 2.21. The quantitative estimate of drug-likeness (QED) is 0.175. The average molecular weight is 674 g/mol. The number of imidazole rings is 1. The van der Waals surface area contributed by atoms with Gasteiger partial charge in [-0.3, -0.25) is 19.1 Å². The van der Waals surface area contributed by atoms with E-state index in [1.54, 1.807) is 17.2 Å². The first kappa shape index (κ1) is 33.3. The van der Waals surface area contributed by atoms with Crippen molar-refractivity contribution in [2.75, 3.05) is 31.9 Å². The third-order valence-electron chi connectivity index (χ3n) is 8.37. The zero-order chi connectivity index (χ0) is 34.5. The smallest absolute Gasteiger partial charge is 0.253 e. The molecule has 0 bridgehead atoms. The first-order chi connectivity index (χ1) is 23.9. The van der Waals surface area contributed by atoms with E-state index in [2.05, 4.69) is 34.1 Å². The number of benzene rings is 3. The molecule has 1 amide bonds. The number of aromatic hydroxyl groups is 1. The van der Waals surface area contributed by atoms with Crippen molar-refractivity contribution in [1.82, 2.24) is 29.3 Å². The molecule has 1 aliphatic rings. The molecule has 0 spiro atoms. The van der Waals surface area contributed by atoms with Crippen LogP contribution in [0.15, 0.2) is 97.2 Å². The van der Waals surface area contributed by atoms with Gasteiger partial charge in [-0.2, -0.15) is 0 Å². The number of pyridine rings is 2. The number of hydrogen-bond acceptors (Lipinski definition) is 8. The molecule has 7 rings (SSSR count). The summed E-state index contributed by atoms with van der Waals surface area (Å²) in [6.45, 7) is 7.26. The summed E-state index contributed by atoms with van der Waals surface area (Å²) >= 11 is 6.28. The van der Waals surface area contributed by atoms with Crippen LogP contribution in [0.3, 0.4) is 0 Å². The number of nitrogens with two attached hydrogens (primary N) is 1. The highest BCUT2D eigenvalue weighted by Crippen LogP contribution is 2.32. The molecule has 0 atom stereocenters. The normalized spacial score (nSPS) is 13.2. The zero-order valence-corrected chi connectivity index (χ0v) is 28.0. The van der Waals surface area contributed by atoms with Gasteiger partial charge in [0.25, 0.3) is 5.91 Å². The largest absolute Gasteiger partial charge is 0.507 e. The maximum atomic E-state index is 13.0. The number of carbonyl (C=O) groups is 2. The van der Waals surface area contributed by atoms with E-state index in [1.165, 1.54) is 12.1 Å². The van der Waals surface area contributed by atoms with Gasteiger partial charge in [0, 0.05) is 60.8 Å². The zero-order valence-electron chi connectivity index (χ0n) is 27.3. The van der Waals surface area contributed by atoms with Crippen LogP contribution in [0.4, 0.5) is 5.82 Å². The number of phenolic OH excluding ortho intramolecular Hbond substituents is 1. The van der Waals surface area contributed by atoms with Crippen LogP contribution in [-0.2, 0) is 6.54 Å². The second-order valence-corrected chi connectivity index (χ2v) is 11.8. The third-order valence-corrected chi connectivity index (χ3v) is 8.60. The van der Waals surface area contributed by atoms with Crippen LogP contribution in [0.1, 0.15) is 40.1 Å². The van der Waals surface area contributed by atoms with Gasteiger partial charge in [-0.1, -0.05) is 49.7 Å². The summed E-state index contributed by atoms with van der Waals surface area (Å²) in [7, 11) is 0. The molecule has 0 aliphatic carbocycles. The molecule has 1 fully saturated rings. The molecule has 3 N–H and O–H groups in total. The number of carbonyl (C=O) groups excluding carboxylic acids is 2. The maximum Gasteiger partial charge on any atom is 0.253 e. The summed E-state index contributed by atoms with van der Waals surface area (Å²) in [5.41, 5.74) is 12.6. The summed E-state index contributed by atoms with van der Waals surface area (Å²) in [5.74, 6) is 0.734. The number of rotatable bonds is 7. The molecule has 11 heteroatoms. The molecule has 49 heavy (non-hydrogen) atoms. The lowest BCUT2D eigenvalue weighted by atomic mass is 10.1. The van der Waals surface area contributed by atoms with Crippen LogP contribution in [0.5, 0.6) is 5.75 Å². The molecular formula is C38H36ClN7O3. The molecule has 0 saturated carbocycles. The van der Waals surface area contributed by atoms with Gasteiger partial charge < -0.3 is 15.7 Å². The average Bonchev–Trinajstić information content (AvgIpc) is 3.52. The van der Waals surface area contributed by atoms with Crippen molar-refractivity contribution < 1.29 is 14.7 Å². The molecule has 4 heterocycles. The van der Waals surface area contributed by atoms with E-state index in [0.29, 0.717) is 65.9 Å². The second-order valence-electron chi connectivity index (χ2n) is 11.4. The van der Waals surface area contributed by atoms with Crippen molar-refractivity contribution in [3.8, 4) is 34.1 Å². The van der Waals surface area contributed by atoms with Crippen molar-refractivity contribution in [3.05, 3.63) is 119 Å². The Morgan fingerprint density at radius 3 is 2.41 bits per heavy atom. The minimum absolute atomic E-state index is 0.106. The molecule has 0 unspecified atom stereocenters. The number of nitrogens with zero attached hydrogens (tertiary/aromatic N) is 6. The number of phenols is 1. The van der Waals surface area contributed by atoms with Crippen molar-refractivity contribution in [2.24, 2.45) is 0 Å². The SMILES string of the molecule is CC.Nc1ncccc1-c1nc2ccc(-c3cccc(Cl)c3)nc2n1-c1ccc(CN2CCN(C(=O)c3ccc(O)c(C=O)c3)CC2)cc1. The fourth-order valence-electron chi connectivity index (χ4n) is 5.88. The van der Waals surface area contributed by atoms with Crippen LogP contribution >= 0.6 is 11.6 Å². The monoisotopic (exact) mass is 673 g/mol. The molecule has 248 valence electrons. The highest BCUT2D eigenvalue weighted by molar-refractivity contribution is 6.30. The Morgan fingerprint density at radius 2 is 1.69 bits per heavy atom. The molecule has 0 radical (unpaired) electrons. The third kappa shape index (κ3) is 7.01. The van der Waals surface area contributed by atoms with E-state index in [-0.39, 0.29) is 17.2 Å². The Kier molecular flexibility index (Phi) is 9.98. The van der Waals surface area contributed by atoms with Gasteiger partial charge in [-0.15, -0.1) is 0 Å². The van der Waals surface area contributed by atoms with Crippen LogP contribution < -0.4 is 5.73 Å². The van der Waals surface area contributed by atoms with E-state index in [9.17, 15) is 14.7 Å². The number of aromatic nitrogens is 4. The van der Waals surface area contributed by atoms with Crippen molar-refractivity contribution in [3.63, 3.8) is 0 Å². The Bertz CT molecular complexity index is 2120. The van der Waals surface area contributed by atoms with Crippen LogP contribution in [0.25, 0.3) is 39.5 Å². The molecule has 1 aliphatic heterocycles. The van der Waals surface area contributed by atoms with Gasteiger partial charge in [0.2, 0.25) is 0 Å². The van der Waals surface area contributed by atoms with E-state index in [1.807, 2.05) is 66.9 Å². The summed E-state index contributed by atoms with van der Waals surface area (Å²) in [6, 6.07) is 27.9. The van der Waals surface area contributed by atoms with E-state index >= 15 is 0 Å². The van der Waals surface area contributed by atoms with Gasteiger partial charge in [0.15, 0.2) is 17.8 Å². The van der Waals surface area contributed by atoms with Gasteiger partial charge in [0.05, 0.1) is 16.8 Å². The van der Waals surface area contributed by atoms with Gasteiger partial charge in [-0.05, 0) is 72.3 Å². The number of amides is 1. The second kappa shape index (κ2) is 14.7. The van der Waals surface area contributed by atoms with Crippen LogP contribution in [-0.4, -0.2) is 72.8 Å². The Morgan fingerprint density at radius 1 is 0.918 bits per heavy atom. The number of aldehydes is 1. The number of fused-ring (bicyclic) bond motifs is 1. The Balaban J connectivity index is 0.00000205. The van der Waals surface area contributed by atoms with Crippen molar-refractivity contribution in [1.29, 1.82) is 0 Å². The molecule has 6 aromatic rings. The number of halogens is 1. The van der Waals surface area contributed by atoms with Crippen LogP contribution in [0.2, 0.25) is 5.02 Å². The molecule has 3 aromatic heterocycles. The molecular weight excluding hydrogens is 638 g/mol. The lowest BCUT2D eigenvalue weighted by Crippen LogP contribution is -2.48. The maximum absolute atomic E-state index is 13.0. The highest BCUT2D eigenvalue weighted by atomic mass is 35.5. The number of anilines is 1. The molecule has 10 nitrogen and oxygen atoms in total. The summed E-state index contributed by atoms with van der Waals surface area (Å²) in [5, 5.41) is 10.4. The Labute approximate surface area is 289 Å². The van der Waals surface area contributed by atoms with E-state index in [0.717, 1.165) is 34.6 Å². The number of nitrogen functional groups attached to an aromatic ring is 1. The van der Waals surface area contributed by atoms with Crippen molar-refractivity contribution >= 4 is 40.8 Å². The molecule has 1 saturated heterocycles. The number of piperazine rings is 1. The minimum Gasteiger partial charge on any atom is -0.507 e. The minimum atomic E-state index is -0.151. The van der Waals surface area contributed by atoms with E-state index < -0.39 is 0 Å². The van der Waals surface area contributed by atoms with Gasteiger partial charge >= 0.3 is 0 Å². The first-order valence-electron chi connectivity index (χ1n) is 16.1. The van der Waals surface area contributed by atoms with Gasteiger partial charge in [-0.25, -0.2) is 15.0 Å². The fourth-order valence-corrected chi connectivity index (χ4v) is 6.07. The Hall–Kier alpha value is -5.58. The summed E-state index contributed by atoms with van der Waals surface area (Å²) in [4.78, 5) is 42.6. The summed E-state index contributed by atoms with van der Waals surface area (Å²) < 4.78 is 2.00. The highest BCUT2D eigenvalue weighted by Gasteiger charge is 2.23. The van der Waals surface area contributed by atoms with Crippen LogP contribution in [0, 0.1) is 0 Å². The predicted molar refractivity (Wildman–Crippen MR) is 193 cm³/mol. The lowest BCUT2D eigenvalue weighted by molar-refractivity contribution is 0.0628. The number of hydrogen-bond donors (Lipinski definition) is 2. The van der Waals surface area contributed by atoms with Crippen molar-refractivity contribution in [2.45, 2.75) is 20.4 Å². The lowest BCUT2D eigenvalue weighted by Gasteiger charge is -2.35. The fraction of sp³-hybridized carbons (Fsp3) is 0.184. The first-order valence-corrected chi connectivity index (χ1v) is 16.5. The van der Waals surface area contributed by atoms with E-state index in [4.69, 9.17) is 27.3 Å². The predicted octanol–water partition coefficient (Wildman–Crippen LogP) is 6.89. The standard InChI is InChI=1S/C36H30ClN7O3.C2H6/c37-27-4-1-3-24(20-27)30-11-12-31-35(40-30)44(34(41-31)29-5-2-14-39-33(29)38)28-9-6-23(7-10-28)21-42-15-17-43(18-16-42)36(47)25-8-13-32(46)26(19-25)22-45;1-2/h1-14,19-20,22,46H,15-18,21H2,(H2,38,39);1-2H3. The van der Waals surface area contributed by atoms with Gasteiger partial charge in [0.1, 0.15) is 17.1 Å². The topological polar surface area (TPSA) is 130 Å². The molecule has 3 aromatic carbocycles.